The van der Waals surface area contributed by atoms with Crippen LogP contribution in [0.4, 0.5) is 0 Å². The van der Waals surface area contributed by atoms with Crippen LogP contribution < -0.4 is 5.32 Å². The van der Waals surface area contributed by atoms with Crippen molar-refractivity contribution in [1.29, 1.82) is 0 Å². The highest BCUT2D eigenvalue weighted by Crippen LogP contribution is 2.40. The molecule has 0 radical (unpaired) electrons. The molecule has 3 aliphatic rings. The summed E-state index contributed by atoms with van der Waals surface area (Å²) in [4.78, 5) is 19.6. The molecular formula is C18H28N4O3. The molecule has 4 rings (SSSR count). The summed E-state index contributed by atoms with van der Waals surface area (Å²) in [7, 11) is 0. The SMILES string of the molecule is CC(C)NC(=O)[C@@H]1Cn2ccnc2C2(CCN([C@@H]3CCOC3)CC2)O1. The average molecular weight is 348 g/mol. The number of ether oxygens (including phenoxy) is 2. The molecule has 3 aliphatic heterocycles. The fourth-order valence-corrected chi connectivity index (χ4v) is 4.31. The van der Waals surface area contributed by atoms with E-state index < -0.39 is 11.7 Å². The molecule has 0 aliphatic carbocycles. The van der Waals surface area contributed by atoms with Crippen LogP contribution in [0.5, 0.6) is 0 Å². The highest BCUT2D eigenvalue weighted by atomic mass is 16.5. The van der Waals surface area contributed by atoms with E-state index >= 15 is 0 Å². The van der Waals surface area contributed by atoms with Crippen LogP contribution in [0.2, 0.25) is 0 Å². The van der Waals surface area contributed by atoms with Crippen LogP contribution in [0.3, 0.4) is 0 Å². The van der Waals surface area contributed by atoms with E-state index in [0.717, 1.165) is 51.4 Å². The first-order chi connectivity index (χ1) is 12.1. The van der Waals surface area contributed by atoms with Crippen LogP contribution in [0.1, 0.15) is 38.9 Å². The number of hydrogen-bond donors (Lipinski definition) is 1. The lowest BCUT2D eigenvalue weighted by molar-refractivity contribution is -0.175. The Kier molecular flexibility index (Phi) is 4.56. The lowest BCUT2D eigenvalue weighted by atomic mass is 9.87. The number of amides is 1. The van der Waals surface area contributed by atoms with Gasteiger partial charge in [-0.05, 0) is 33.1 Å². The molecule has 0 bridgehead atoms. The third-order valence-electron chi connectivity index (χ3n) is 5.60. The van der Waals surface area contributed by atoms with Crippen molar-refractivity contribution in [3.05, 3.63) is 18.2 Å². The zero-order chi connectivity index (χ0) is 17.4. The number of likely N-dealkylation sites (tertiary alicyclic amines) is 1. The molecular weight excluding hydrogens is 320 g/mol. The Balaban J connectivity index is 1.51. The number of fused-ring (bicyclic) bond motifs is 2. The van der Waals surface area contributed by atoms with Gasteiger partial charge in [0.1, 0.15) is 11.4 Å². The van der Waals surface area contributed by atoms with Gasteiger partial charge in [-0.15, -0.1) is 0 Å². The highest BCUT2D eigenvalue weighted by molar-refractivity contribution is 5.81. The zero-order valence-corrected chi connectivity index (χ0v) is 15.1. The van der Waals surface area contributed by atoms with E-state index in [1.807, 2.05) is 26.2 Å². The summed E-state index contributed by atoms with van der Waals surface area (Å²) in [5.41, 5.74) is -0.448. The summed E-state index contributed by atoms with van der Waals surface area (Å²) in [6, 6.07) is 0.640. The van der Waals surface area contributed by atoms with Crippen molar-refractivity contribution >= 4 is 5.91 Å². The molecule has 138 valence electrons. The number of hydrogen-bond acceptors (Lipinski definition) is 5. The molecule has 4 heterocycles. The summed E-state index contributed by atoms with van der Waals surface area (Å²) >= 11 is 0. The van der Waals surface area contributed by atoms with Crippen molar-refractivity contribution in [2.75, 3.05) is 26.3 Å². The van der Waals surface area contributed by atoms with E-state index in [1.54, 1.807) is 0 Å². The zero-order valence-electron chi connectivity index (χ0n) is 15.1. The van der Waals surface area contributed by atoms with Gasteiger partial charge in [-0.2, -0.15) is 0 Å². The van der Waals surface area contributed by atoms with Gasteiger partial charge in [0, 0.05) is 44.2 Å². The lowest BCUT2D eigenvalue weighted by Crippen LogP contribution is -2.55. The minimum atomic E-state index is -0.453. The molecule has 1 spiro atoms. The van der Waals surface area contributed by atoms with Gasteiger partial charge >= 0.3 is 0 Å². The Hall–Kier alpha value is -1.44. The summed E-state index contributed by atoms with van der Waals surface area (Å²) in [6.07, 6.45) is 6.18. The Morgan fingerprint density at radius 1 is 1.40 bits per heavy atom. The van der Waals surface area contributed by atoms with Gasteiger partial charge in [0.15, 0.2) is 6.10 Å². The van der Waals surface area contributed by atoms with Crippen LogP contribution in [0, 0.1) is 0 Å². The molecule has 2 fully saturated rings. The molecule has 7 heteroatoms. The fraction of sp³-hybridized carbons (Fsp3) is 0.778. The van der Waals surface area contributed by atoms with Crippen LogP contribution in [0.15, 0.2) is 12.4 Å². The molecule has 0 aromatic carbocycles. The maximum absolute atomic E-state index is 12.5. The highest BCUT2D eigenvalue weighted by Gasteiger charge is 2.47. The molecule has 1 amide bonds. The van der Waals surface area contributed by atoms with Crippen LogP contribution >= 0.6 is 0 Å². The van der Waals surface area contributed by atoms with Gasteiger partial charge < -0.3 is 19.4 Å². The van der Waals surface area contributed by atoms with Gasteiger partial charge in [-0.25, -0.2) is 4.98 Å². The molecule has 2 saturated heterocycles. The molecule has 1 aromatic heterocycles. The molecule has 25 heavy (non-hydrogen) atoms. The number of nitrogens with zero attached hydrogens (tertiary/aromatic N) is 3. The summed E-state index contributed by atoms with van der Waals surface area (Å²) < 4.78 is 14.1. The van der Waals surface area contributed by atoms with Gasteiger partial charge in [-0.1, -0.05) is 0 Å². The maximum Gasteiger partial charge on any atom is 0.251 e. The standard InChI is InChI=1S/C18H28N4O3/c1-13(2)20-16(23)15-11-22-9-6-19-17(22)18(25-15)4-7-21(8-5-18)14-3-10-24-12-14/h6,9,13-15H,3-5,7-8,10-12H2,1-2H3,(H,20,23)/t14-,15+/m1/s1. The summed E-state index contributed by atoms with van der Waals surface area (Å²) in [6.45, 7) is 8.10. The Morgan fingerprint density at radius 3 is 2.88 bits per heavy atom. The van der Waals surface area contributed by atoms with E-state index in [0.29, 0.717) is 12.6 Å². The van der Waals surface area contributed by atoms with Crippen molar-refractivity contribution < 1.29 is 14.3 Å². The maximum atomic E-state index is 12.5. The number of nitrogens with one attached hydrogen (secondary N) is 1. The van der Waals surface area contributed by atoms with E-state index in [4.69, 9.17) is 9.47 Å². The normalized spacial score (nSPS) is 29.1. The largest absolute Gasteiger partial charge is 0.380 e. The first-order valence-corrected chi connectivity index (χ1v) is 9.39. The van der Waals surface area contributed by atoms with Crippen molar-refractivity contribution in [2.45, 2.75) is 63.4 Å². The monoisotopic (exact) mass is 348 g/mol. The summed E-state index contributed by atoms with van der Waals surface area (Å²) in [5, 5.41) is 2.99. The number of aromatic nitrogens is 2. The van der Waals surface area contributed by atoms with E-state index in [2.05, 4.69) is 19.8 Å². The van der Waals surface area contributed by atoms with Gasteiger partial charge in [0.05, 0.1) is 13.2 Å². The topological polar surface area (TPSA) is 68.6 Å². The van der Waals surface area contributed by atoms with Gasteiger partial charge in [-0.3, -0.25) is 9.69 Å². The quantitative estimate of drug-likeness (QED) is 0.878. The van der Waals surface area contributed by atoms with Crippen molar-refractivity contribution in [1.82, 2.24) is 19.8 Å². The summed E-state index contributed by atoms with van der Waals surface area (Å²) in [5.74, 6) is 0.948. The second-order valence-electron chi connectivity index (χ2n) is 7.72. The molecule has 2 atom stereocenters. The second-order valence-corrected chi connectivity index (χ2v) is 7.72. The van der Waals surface area contributed by atoms with E-state index in [1.165, 1.54) is 0 Å². The minimum absolute atomic E-state index is 0.0275. The third kappa shape index (κ3) is 3.20. The predicted octanol–water partition coefficient (Wildman–Crippen LogP) is 0.887. The number of imidazole rings is 1. The number of carbonyl (C=O) groups is 1. The molecule has 7 nitrogen and oxygen atoms in total. The van der Waals surface area contributed by atoms with Crippen molar-refractivity contribution in [2.24, 2.45) is 0 Å². The van der Waals surface area contributed by atoms with E-state index in [-0.39, 0.29) is 11.9 Å². The Bertz CT molecular complexity index is 616. The van der Waals surface area contributed by atoms with Crippen molar-refractivity contribution in [3.63, 3.8) is 0 Å². The molecule has 1 N–H and O–H groups in total. The molecule has 0 unspecified atom stereocenters. The fourth-order valence-electron chi connectivity index (χ4n) is 4.31. The minimum Gasteiger partial charge on any atom is -0.380 e. The Labute approximate surface area is 148 Å². The first kappa shape index (κ1) is 17.0. The third-order valence-corrected chi connectivity index (χ3v) is 5.60. The lowest BCUT2D eigenvalue weighted by Gasteiger charge is -2.46. The second kappa shape index (κ2) is 6.70. The van der Waals surface area contributed by atoms with Gasteiger partial charge in [0.25, 0.3) is 5.91 Å². The number of piperidine rings is 1. The first-order valence-electron chi connectivity index (χ1n) is 9.39. The van der Waals surface area contributed by atoms with Crippen LogP contribution in [-0.4, -0.2) is 64.8 Å². The molecule has 1 aromatic rings. The van der Waals surface area contributed by atoms with Gasteiger partial charge in [0.2, 0.25) is 0 Å². The smallest absolute Gasteiger partial charge is 0.251 e. The van der Waals surface area contributed by atoms with Crippen LogP contribution in [0.25, 0.3) is 0 Å². The van der Waals surface area contributed by atoms with Crippen molar-refractivity contribution in [3.8, 4) is 0 Å². The number of carbonyl (C=O) groups excluding carboxylic acids is 1. The Morgan fingerprint density at radius 2 is 2.20 bits per heavy atom. The van der Waals surface area contributed by atoms with Crippen LogP contribution in [-0.2, 0) is 26.4 Å². The predicted molar refractivity (Wildman–Crippen MR) is 92.1 cm³/mol. The average Bonchev–Trinajstić information content (AvgIpc) is 3.26. The van der Waals surface area contributed by atoms with E-state index in [9.17, 15) is 4.79 Å². The molecule has 0 saturated carbocycles. The number of rotatable bonds is 3.